The number of carboxylic acids is 2. The first-order chi connectivity index (χ1) is 19.3. The van der Waals surface area contributed by atoms with Crippen LogP contribution in [0.25, 0.3) is 0 Å². The van der Waals surface area contributed by atoms with Crippen LogP contribution in [-0.2, 0) is 17.8 Å². The van der Waals surface area contributed by atoms with Gasteiger partial charge in [-0.15, -0.1) is 0 Å². The number of amides is 1. The Bertz CT molecular complexity index is 1530. The lowest BCUT2D eigenvalue weighted by Crippen LogP contribution is -2.32. The number of aromatic carboxylic acids is 2. The molecule has 0 unspecified atom stereocenters. The molecule has 0 saturated heterocycles. The first-order valence-corrected chi connectivity index (χ1v) is 12.1. The number of benzene rings is 4. The first kappa shape index (κ1) is 27.6. The monoisotopic (exact) mass is 539 g/mol. The van der Waals surface area contributed by atoms with Gasteiger partial charge in [0.05, 0.1) is 29.4 Å². The summed E-state index contributed by atoms with van der Waals surface area (Å²) in [6, 6.07) is 27.2. The summed E-state index contributed by atoms with van der Waals surface area (Å²) >= 11 is 0. The Balaban J connectivity index is 1.71. The van der Waals surface area contributed by atoms with Crippen molar-refractivity contribution in [1.29, 1.82) is 0 Å². The van der Waals surface area contributed by atoms with E-state index in [2.05, 4.69) is 4.74 Å². The minimum atomic E-state index is -1.53. The summed E-state index contributed by atoms with van der Waals surface area (Å²) in [6.45, 7) is 0.210. The number of methoxy groups -OCH3 is 1. The summed E-state index contributed by atoms with van der Waals surface area (Å²) in [5.41, 5.74) is -0.364. The van der Waals surface area contributed by atoms with Gasteiger partial charge in [0.25, 0.3) is 5.91 Å². The molecule has 0 spiro atoms. The van der Waals surface area contributed by atoms with Gasteiger partial charge in [-0.2, -0.15) is 0 Å². The van der Waals surface area contributed by atoms with Crippen molar-refractivity contribution >= 4 is 23.8 Å². The minimum Gasteiger partial charge on any atom is -0.478 e. The third-order valence-corrected chi connectivity index (χ3v) is 6.03. The predicted molar refractivity (Wildman–Crippen MR) is 145 cm³/mol. The number of para-hydroxylation sites is 1. The second-order valence-electron chi connectivity index (χ2n) is 8.75. The van der Waals surface area contributed by atoms with Crippen LogP contribution in [0.4, 0.5) is 0 Å². The lowest BCUT2D eigenvalue weighted by molar-refractivity contribution is 0.0580. The van der Waals surface area contributed by atoms with Crippen molar-refractivity contribution in [2.75, 3.05) is 7.11 Å². The van der Waals surface area contributed by atoms with Crippen molar-refractivity contribution in [3.63, 3.8) is 0 Å². The Hall–Kier alpha value is -5.44. The van der Waals surface area contributed by atoms with Gasteiger partial charge in [0.2, 0.25) is 0 Å². The molecule has 0 fully saturated rings. The Morgan fingerprint density at radius 3 is 1.65 bits per heavy atom. The fourth-order valence-corrected chi connectivity index (χ4v) is 4.09. The van der Waals surface area contributed by atoms with Gasteiger partial charge in [-0.25, -0.2) is 14.4 Å². The van der Waals surface area contributed by atoms with Gasteiger partial charge < -0.3 is 24.6 Å². The minimum absolute atomic E-state index is 0.0899. The van der Waals surface area contributed by atoms with E-state index in [4.69, 9.17) is 4.74 Å². The number of carbonyl (C=O) groups is 4. The molecule has 2 N–H and O–H groups in total. The van der Waals surface area contributed by atoms with E-state index in [9.17, 15) is 29.4 Å². The van der Waals surface area contributed by atoms with E-state index < -0.39 is 40.5 Å². The van der Waals surface area contributed by atoms with Crippen molar-refractivity contribution in [3.8, 4) is 11.5 Å². The molecule has 9 heteroatoms. The average Bonchev–Trinajstić information content (AvgIpc) is 2.97. The molecule has 0 bridgehead atoms. The smallest absolute Gasteiger partial charge is 0.338 e. The van der Waals surface area contributed by atoms with Crippen LogP contribution in [0.3, 0.4) is 0 Å². The van der Waals surface area contributed by atoms with Crippen molar-refractivity contribution in [2.24, 2.45) is 0 Å². The zero-order valence-electron chi connectivity index (χ0n) is 21.4. The second-order valence-corrected chi connectivity index (χ2v) is 8.75. The topological polar surface area (TPSA) is 130 Å². The van der Waals surface area contributed by atoms with Crippen LogP contribution in [-0.4, -0.2) is 46.0 Å². The number of esters is 1. The highest BCUT2D eigenvalue weighted by molar-refractivity contribution is 6.10. The molecule has 4 aromatic carbocycles. The van der Waals surface area contributed by atoms with E-state index in [1.165, 1.54) is 4.90 Å². The second kappa shape index (κ2) is 12.4. The quantitative estimate of drug-likeness (QED) is 0.253. The molecule has 0 aliphatic heterocycles. The number of ether oxygens (including phenoxy) is 2. The lowest BCUT2D eigenvalue weighted by atomic mass is 9.96. The first-order valence-electron chi connectivity index (χ1n) is 12.1. The summed E-state index contributed by atoms with van der Waals surface area (Å²) in [5.74, 6) is -3.48. The van der Waals surface area contributed by atoms with E-state index in [-0.39, 0.29) is 18.7 Å². The normalized spacial score (nSPS) is 10.4. The van der Waals surface area contributed by atoms with Crippen LogP contribution in [0.5, 0.6) is 11.5 Å². The van der Waals surface area contributed by atoms with Gasteiger partial charge in [-0.1, -0.05) is 60.7 Å². The molecule has 4 rings (SSSR count). The number of hydrogen-bond donors (Lipinski definition) is 2. The Kier molecular flexibility index (Phi) is 8.55. The van der Waals surface area contributed by atoms with Gasteiger partial charge in [0.15, 0.2) is 0 Å². The fraction of sp³-hybridized carbons (Fsp3) is 0.0968. The van der Waals surface area contributed by atoms with Crippen molar-refractivity contribution in [3.05, 3.63) is 130 Å². The van der Waals surface area contributed by atoms with Crippen LogP contribution >= 0.6 is 0 Å². The number of carboxylic acid groups (broad SMARTS) is 2. The molecule has 0 heterocycles. The SMILES string of the molecule is COC(=O)c1cc(C(=O)N(Cc2ccccc2)Cc2ccc(Oc3ccccc3)cc2)c(C(=O)O)cc1C(=O)O. The lowest BCUT2D eigenvalue weighted by Gasteiger charge is -2.24. The molecule has 202 valence electrons. The van der Waals surface area contributed by atoms with Gasteiger partial charge in [0.1, 0.15) is 11.5 Å². The summed E-state index contributed by atoms with van der Waals surface area (Å²) in [5, 5.41) is 19.4. The third-order valence-electron chi connectivity index (χ3n) is 6.03. The molecule has 0 aromatic heterocycles. The average molecular weight is 540 g/mol. The molecule has 4 aromatic rings. The number of rotatable bonds is 10. The molecule has 1 amide bonds. The predicted octanol–water partition coefficient (Wildman–Crippen LogP) is 5.50. The van der Waals surface area contributed by atoms with Gasteiger partial charge >= 0.3 is 17.9 Å². The fourth-order valence-electron chi connectivity index (χ4n) is 4.09. The van der Waals surface area contributed by atoms with E-state index in [0.29, 0.717) is 11.5 Å². The molecule has 0 atom stereocenters. The Labute approximate surface area is 229 Å². The molecule has 9 nitrogen and oxygen atoms in total. The number of nitrogens with zero attached hydrogens (tertiary/aromatic N) is 1. The van der Waals surface area contributed by atoms with Crippen LogP contribution in [0.1, 0.15) is 52.6 Å². The van der Waals surface area contributed by atoms with Crippen LogP contribution in [0, 0.1) is 0 Å². The van der Waals surface area contributed by atoms with Crippen LogP contribution < -0.4 is 4.74 Å². The molecule has 0 saturated carbocycles. The van der Waals surface area contributed by atoms with Crippen molar-refractivity contribution in [1.82, 2.24) is 4.90 Å². The molecule has 40 heavy (non-hydrogen) atoms. The standard InChI is InChI=1S/C31H25NO8/c1-39-31(38)27-16-24(25(29(34)35)17-26(27)30(36)37)28(33)32(18-20-8-4-2-5-9-20)19-21-12-14-23(15-13-21)40-22-10-6-3-7-11-22/h2-17H,18-19H2,1H3,(H,34,35)(H,36,37). The number of hydrogen-bond acceptors (Lipinski definition) is 6. The summed E-state index contributed by atoms with van der Waals surface area (Å²) in [4.78, 5) is 51.5. The van der Waals surface area contributed by atoms with Crippen molar-refractivity contribution in [2.45, 2.75) is 13.1 Å². The number of carbonyl (C=O) groups excluding carboxylic acids is 2. The highest BCUT2D eigenvalue weighted by Crippen LogP contribution is 2.25. The summed E-state index contributed by atoms with van der Waals surface area (Å²) in [6.07, 6.45) is 0. The third kappa shape index (κ3) is 6.51. The Morgan fingerprint density at radius 2 is 1.10 bits per heavy atom. The van der Waals surface area contributed by atoms with Crippen LogP contribution in [0.15, 0.2) is 97.1 Å². The summed E-state index contributed by atoms with van der Waals surface area (Å²) < 4.78 is 10.5. The van der Waals surface area contributed by atoms with Gasteiger partial charge in [0, 0.05) is 13.1 Å². The van der Waals surface area contributed by atoms with Crippen LogP contribution in [0.2, 0.25) is 0 Å². The zero-order chi connectivity index (χ0) is 28.6. The Morgan fingerprint density at radius 1 is 0.625 bits per heavy atom. The largest absolute Gasteiger partial charge is 0.478 e. The van der Waals surface area contributed by atoms with E-state index in [0.717, 1.165) is 30.4 Å². The van der Waals surface area contributed by atoms with E-state index >= 15 is 0 Å². The molecular formula is C31H25NO8. The highest BCUT2D eigenvalue weighted by atomic mass is 16.5. The van der Waals surface area contributed by atoms with Gasteiger partial charge in [-0.3, -0.25) is 4.79 Å². The van der Waals surface area contributed by atoms with Gasteiger partial charge in [-0.05, 0) is 47.5 Å². The maximum absolute atomic E-state index is 13.9. The molecule has 0 aliphatic carbocycles. The molecule has 0 radical (unpaired) electrons. The molecule has 0 aliphatic rings. The summed E-state index contributed by atoms with van der Waals surface area (Å²) in [7, 11) is 1.06. The maximum atomic E-state index is 13.9. The highest BCUT2D eigenvalue weighted by Gasteiger charge is 2.28. The van der Waals surface area contributed by atoms with Crippen molar-refractivity contribution < 1.29 is 38.9 Å². The molecular weight excluding hydrogens is 514 g/mol. The maximum Gasteiger partial charge on any atom is 0.338 e. The van der Waals surface area contributed by atoms with E-state index in [1.54, 1.807) is 24.3 Å². The van der Waals surface area contributed by atoms with E-state index in [1.807, 2.05) is 60.7 Å². The zero-order valence-corrected chi connectivity index (χ0v) is 21.4.